The first kappa shape index (κ1) is 15.0. The zero-order valence-electron chi connectivity index (χ0n) is 10.4. The molecular weight excluding hydrogens is 303 g/mol. The van der Waals surface area contributed by atoms with Crippen molar-refractivity contribution in [3.8, 4) is 11.1 Å². The number of hydrogen-bond donors (Lipinski definition) is 1. The molecule has 2 aromatic rings. The molecular formula is C13H8F3N3OS. The largest absolute Gasteiger partial charge is 0.471 e. The van der Waals surface area contributed by atoms with Crippen LogP contribution in [0.3, 0.4) is 0 Å². The van der Waals surface area contributed by atoms with Crippen LogP contribution in [0.15, 0.2) is 47.6 Å². The van der Waals surface area contributed by atoms with Gasteiger partial charge in [-0.1, -0.05) is 12.1 Å². The zero-order valence-corrected chi connectivity index (χ0v) is 11.2. The third-order valence-corrected chi connectivity index (χ3v) is 3.16. The molecule has 0 unspecified atom stereocenters. The fraction of sp³-hybridized carbons (Fsp3) is 0.0769. The van der Waals surface area contributed by atoms with Crippen LogP contribution in [0.4, 0.5) is 18.9 Å². The van der Waals surface area contributed by atoms with E-state index in [0.29, 0.717) is 10.7 Å². The Kier molecular flexibility index (Phi) is 4.23. The van der Waals surface area contributed by atoms with Crippen molar-refractivity contribution in [1.29, 1.82) is 5.26 Å². The smallest absolute Gasteiger partial charge is 0.316 e. The number of alkyl halides is 3. The molecule has 1 aromatic heterocycles. The molecule has 8 heteroatoms. The van der Waals surface area contributed by atoms with E-state index in [-0.39, 0.29) is 5.69 Å². The summed E-state index contributed by atoms with van der Waals surface area (Å²) in [5.74, 6) is -2.04. The molecule has 1 N–H and O–H groups in total. The molecule has 0 spiro atoms. The molecule has 1 heterocycles. The molecule has 21 heavy (non-hydrogen) atoms. The Bertz CT molecular complexity index is 703. The van der Waals surface area contributed by atoms with E-state index in [1.807, 2.05) is 10.7 Å². The van der Waals surface area contributed by atoms with Gasteiger partial charge in [0.05, 0.1) is 16.4 Å². The van der Waals surface area contributed by atoms with E-state index in [4.69, 9.17) is 5.26 Å². The van der Waals surface area contributed by atoms with Crippen LogP contribution in [0, 0.1) is 10.7 Å². The molecule has 0 radical (unpaired) electrons. The fourth-order valence-corrected chi connectivity index (χ4v) is 2.17. The second-order valence-corrected chi connectivity index (χ2v) is 4.68. The molecule has 1 amide bonds. The summed E-state index contributed by atoms with van der Waals surface area (Å²) in [6.07, 6.45) is -3.37. The van der Waals surface area contributed by atoms with E-state index < -0.39 is 12.1 Å². The molecule has 0 fully saturated rings. The number of nitrogens with one attached hydrogen (secondary N) is 1. The van der Waals surface area contributed by atoms with Gasteiger partial charge in [0.25, 0.3) is 0 Å². The Labute approximate surface area is 122 Å². The van der Waals surface area contributed by atoms with Gasteiger partial charge in [0.2, 0.25) is 0 Å². The van der Waals surface area contributed by atoms with Gasteiger partial charge in [-0.3, -0.25) is 4.79 Å². The van der Waals surface area contributed by atoms with E-state index in [1.165, 1.54) is 16.7 Å². The maximum absolute atomic E-state index is 12.3. The van der Waals surface area contributed by atoms with Crippen molar-refractivity contribution in [2.45, 2.75) is 11.2 Å². The standard InChI is InChI=1S/C13H8F3N3OS/c14-13(15,16)12(20)18-9-4-1-2-5-10(9)19-7-3-6-11(19)21-8-17/h1-7H,(H,18,20). The van der Waals surface area contributed by atoms with Gasteiger partial charge >= 0.3 is 12.1 Å². The normalized spacial score (nSPS) is 11.0. The van der Waals surface area contributed by atoms with Crippen molar-refractivity contribution in [3.05, 3.63) is 42.6 Å². The van der Waals surface area contributed by atoms with Crippen LogP contribution in [0.25, 0.3) is 5.69 Å². The number of thiocyanates is 1. The van der Waals surface area contributed by atoms with Crippen molar-refractivity contribution in [2.75, 3.05) is 5.32 Å². The molecule has 0 bridgehead atoms. The number of aromatic nitrogens is 1. The first-order valence-corrected chi connectivity index (χ1v) is 6.46. The Morgan fingerprint density at radius 1 is 1.24 bits per heavy atom. The van der Waals surface area contributed by atoms with Crippen LogP contribution >= 0.6 is 11.8 Å². The van der Waals surface area contributed by atoms with E-state index in [1.54, 1.807) is 30.5 Å². The minimum atomic E-state index is -4.96. The monoisotopic (exact) mass is 311 g/mol. The van der Waals surface area contributed by atoms with Crippen LogP contribution in [0.1, 0.15) is 0 Å². The molecule has 0 saturated heterocycles. The number of halogens is 3. The number of carbonyl (C=O) groups is 1. The number of amides is 1. The molecule has 0 saturated carbocycles. The Morgan fingerprint density at radius 2 is 1.95 bits per heavy atom. The van der Waals surface area contributed by atoms with Crippen molar-refractivity contribution >= 4 is 23.4 Å². The average molecular weight is 311 g/mol. The summed E-state index contributed by atoms with van der Waals surface area (Å²) in [5.41, 5.74) is 0.355. The quantitative estimate of drug-likeness (QED) is 0.696. The van der Waals surface area contributed by atoms with E-state index in [0.717, 1.165) is 11.8 Å². The number of carbonyl (C=O) groups excluding carboxylic acids is 1. The minimum absolute atomic E-state index is 0.0100. The van der Waals surface area contributed by atoms with Crippen LogP contribution in [-0.2, 0) is 4.79 Å². The summed E-state index contributed by atoms with van der Waals surface area (Å²) in [6.45, 7) is 0. The number of nitriles is 1. The molecule has 0 atom stereocenters. The number of rotatable bonds is 3. The Morgan fingerprint density at radius 3 is 2.62 bits per heavy atom. The lowest BCUT2D eigenvalue weighted by Gasteiger charge is -2.14. The van der Waals surface area contributed by atoms with Gasteiger partial charge in [-0.05, 0) is 24.3 Å². The van der Waals surface area contributed by atoms with Crippen LogP contribution in [0.5, 0.6) is 0 Å². The van der Waals surface area contributed by atoms with Crippen molar-refractivity contribution in [2.24, 2.45) is 0 Å². The highest BCUT2D eigenvalue weighted by Gasteiger charge is 2.39. The highest BCUT2D eigenvalue weighted by Crippen LogP contribution is 2.28. The van der Waals surface area contributed by atoms with Gasteiger partial charge in [0.15, 0.2) is 0 Å². The molecule has 108 valence electrons. The van der Waals surface area contributed by atoms with E-state index >= 15 is 0 Å². The highest BCUT2D eigenvalue weighted by molar-refractivity contribution is 8.03. The number of benzene rings is 1. The topological polar surface area (TPSA) is 57.8 Å². The Balaban J connectivity index is 2.40. The zero-order chi connectivity index (χ0) is 15.5. The minimum Gasteiger partial charge on any atom is -0.316 e. The predicted molar refractivity (Wildman–Crippen MR) is 71.9 cm³/mol. The third kappa shape index (κ3) is 3.38. The molecule has 0 aliphatic heterocycles. The lowest BCUT2D eigenvalue weighted by Crippen LogP contribution is -2.30. The van der Waals surface area contributed by atoms with Gasteiger partial charge in [-0.2, -0.15) is 18.4 Å². The lowest BCUT2D eigenvalue weighted by atomic mass is 10.2. The molecule has 1 aromatic carbocycles. The van der Waals surface area contributed by atoms with Gasteiger partial charge in [-0.25, -0.2) is 0 Å². The third-order valence-electron chi connectivity index (χ3n) is 2.53. The maximum atomic E-state index is 12.3. The lowest BCUT2D eigenvalue weighted by molar-refractivity contribution is -0.167. The summed E-state index contributed by atoms with van der Waals surface area (Å²) < 4.78 is 38.6. The number of nitrogens with zero attached hydrogens (tertiary/aromatic N) is 2. The average Bonchev–Trinajstić information content (AvgIpc) is 2.87. The van der Waals surface area contributed by atoms with Crippen LogP contribution < -0.4 is 5.32 Å². The van der Waals surface area contributed by atoms with Gasteiger partial charge in [0.1, 0.15) is 5.40 Å². The van der Waals surface area contributed by atoms with Gasteiger partial charge in [0, 0.05) is 18.0 Å². The SMILES string of the molecule is N#CSc1cccn1-c1ccccc1NC(=O)C(F)(F)F. The molecule has 0 aliphatic rings. The number of thioether (sulfide) groups is 1. The summed E-state index contributed by atoms with van der Waals surface area (Å²) >= 11 is 0.870. The summed E-state index contributed by atoms with van der Waals surface area (Å²) in [4.78, 5) is 11.1. The fourth-order valence-electron chi connectivity index (χ4n) is 1.68. The van der Waals surface area contributed by atoms with Crippen LogP contribution in [-0.4, -0.2) is 16.7 Å². The maximum Gasteiger partial charge on any atom is 0.471 e. The summed E-state index contributed by atoms with van der Waals surface area (Å²) in [5, 5.41) is 13.0. The second kappa shape index (κ2) is 5.93. The van der Waals surface area contributed by atoms with Crippen LogP contribution in [0.2, 0.25) is 0 Å². The number of hydrogen-bond acceptors (Lipinski definition) is 3. The number of anilines is 1. The molecule has 2 rings (SSSR count). The molecule has 0 aliphatic carbocycles. The van der Waals surface area contributed by atoms with Crippen molar-refractivity contribution < 1.29 is 18.0 Å². The highest BCUT2D eigenvalue weighted by atomic mass is 32.2. The second-order valence-electron chi connectivity index (χ2n) is 3.88. The first-order chi connectivity index (χ1) is 9.93. The van der Waals surface area contributed by atoms with Crippen molar-refractivity contribution in [3.63, 3.8) is 0 Å². The van der Waals surface area contributed by atoms with Gasteiger partial charge < -0.3 is 9.88 Å². The first-order valence-electron chi connectivity index (χ1n) is 5.64. The molecule has 4 nitrogen and oxygen atoms in total. The van der Waals surface area contributed by atoms with Gasteiger partial charge in [-0.15, -0.1) is 0 Å². The summed E-state index contributed by atoms with van der Waals surface area (Å²) in [6, 6.07) is 9.35. The summed E-state index contributed by atoms with van der Waals surface area (Å²) in [7, 11) is 0. The van der Waals surface area contributed by atoms with E-state index in [9.17, 15) is 18.0 Å². The number of para-hydroxylation sites is 2. The van der Waals surface area contributed by atoms with E-state index in [2.05, 4.69) is 0 Å². The predicted octanol–water partition coefficient (Wildman–Crippen LogP) is 3.55. The Hall–Kier alpha value is -2.40. The van der Waals surface area contributed by atoms with Crippen molar-refractivity contribution in [1.82, 2.24) is 4.57 Å².